The Morgan fingerprint density at radius 1 is 0.500 bits per heavy atom. The minimum Gasteiger partial charge on any atom is -0.0622 e. The molecule has 2 rings (SSSR count). The molecule has 2 fully saturated rings. The molecule has 84 valence electrons. The van der Waals surface area contributed by atoms with E-state index in [-0.39, 0.29) is 0 Å². The fraction of sp³-hybridized carbons (Fsp3) is 1.00. The van der Waals surface area contributed by atoms with Crippen LogP contribution >= 0.6 is 0 Å². The summed E-state index contributed by atoms with van der Waals surface area (Å²) in [5.41, 5.74) is 0. The molecule has 0 heteroatoms. The Morgan fingerprint density at radius 3 is 0.714 bits per heavy atom. The van der Waals surface area contributed by atoms with E-state index in [1.807, 2.05) is 0 Å². The molecule has 4 atom stereocenters. The molecule has 0 amide bonds. The molecule has 0 aromatic rings. The van der Waals surface area contributed by atoms with Crippen LogP contribution in [0.2, 0.25) is 0 Å². The van der Waals surface area contributed by atoms with Gasteiger partial charge in [-0.25, -0.2) is 0 Å². The highest BCUT2D eigenvalue weighted by molar-refractivity contribution is 4.80. The van der Waals surface area contributed by atoms with Gasteiger partial charge in [-0.3, -0.25) is 0 Å². The molecule has 0 nitrogen and oxygen atoms in total. The Kier molecular flexibility index (Phi) is 4.04. The first-order valence-corrected chi connectivity index (χ1v) is 6.43. The molecule has 2 aliphatic rings. The molecule has 0 radical (unpaired) electrons. The van der Waals surface area contributed by atoms with Crippen LogP contribution in [0.4, 0.5) is 0 Å². The van der Waals surface area contributed by atoms with Gasteiger partial charge in [-0.05, 0) is 48.3 Å². The maximum atomic E-state index is 2.35. The van der Waals surface area contributed by atoms with E-state index in [1.54, 1.807) is 0 Å². The number of hydrogen-bond donors (Lipinski definition) is 0. The van der Waals surface area contributed by atoms with E-state index in [4.69, 9.17) is 0 Å². The molecule has 14 heavy (non-hydrogen) atoms. The Morgan fingerprint density at radius 2 is 0.714 bits per heavy atom. The van der Waals surface area contributed by atoms with Crippen molar-refractivity contribution in [2.75, 3.05) is 0 Å². The lowest BCUT2D eigenvalue weighted by Gasteiger charge is -2.38. The molecule has 0 aromatic carbocycles. The number of hydrogen-bond acceptors (Lipinski definition) is 0. The third kappa shape index (κ3) is 2.52. The van der Waals surface area contributed by atoms with E-state index in [1.165, 1.54) is 12.8 Å². The van der Waals surface area contributed by atoms with Crippen LogP contribution in [0.3, 0.4) is 0 Å². The van der Waals surface area contributed by atoms with Gasteiger partial charge in [0.25, 0.3) is 0 Å². The van der Waals surface area contributed by atoms with Gasteiger partial charge in [0.15, 0.2) is 0 Å². The summed E-state index contributed by atoms with van der Waals surface area (Å²) in [4.78, 5) is 0. The summed E-state index contributed by atoms with van der Waals surface area (Å²) < 4.78 is 0. The molecule has 0 N–H and O–H groups in total. The van der Waals surface area contributed by atoms with Crippen molar-refractivity contribution in [1.29, 1.82) is 0 Å². The van der Waals surface area contributed by atoms with Crippen LogP contribution in [0, 0.1) is 35.5 Å². The zero-order valence-electron chi connectivity index (χ0n) is 10.9. The Labute approximate surface area is 90.5 Å². The lowest BCUT2D eigenvalue weighted by molar-refractivity contribution is 0.120. The van der Waals surface area contributed by atoms with Crippen LogP contribution in [-0.2, 0) is 0 Å². The van der Waals surface area contributed by atoms with Crippen molar-refractivity contribution in [2.45, 2.75) is 54.4 Å². The first-order valence-electron chi connectivity index (χ1n) is 6.43. The summed E-state index contributed by atoms with van der Waals surface area (Å²) in [5.74, 6) is 6.04. The average molecular weight is 196 g/mol. The molecule has 0 heterocycles. The predicted molar refractivity (Wildman–Crippen MR) is 64.2 cm³/mol. The highest BCUT2D eigenvalue weighted by atomic mass is 14.4. The first kappa shape index (κ1) is 12.1. The van der Waals surface area contributed by atoms with Crippen molar-refractivity contribution in [3.05, 3.63) is 0 Å². The zero-order valence-corrected chi connectivity index (χ0v) is 10.9. The molecule has 4 unspecified atom stereocenters. The largest absolute Gasteiger partial charge is 0.0622 e. The van der Waals surface area contributed by atoms with Gasteiger partial charge in [0.2, 0.25) is 0 Å². The molecular weight excluding hydrogens is 168 g/mol. The minimum absolute atomic E-state index is 1.000. The monoisotopic (exact) mass is 196 g/mol. The van der Waals surface area contributed by atoms with Crippen molar-refractivity contribution in [3.63, 3.8) is 0 Å². The van der Waals surface area contributed by atoms with Gasteiger partial charge >= 0.3 is 0 Å². The van der Waals surface area contributed by atoms with Gasteiger partial charge in [0.1, 0.15) is 0 Å². The quantitative estimate of drug-likeness (QED) is 0.531. The van der Waals surface area contributed by atoms with E-state index in [0.29, 0.717) is 0 Å². The van der Waals surface area contributed by atoms with E-state index in [2.05, 4.69) is 41.5 Å². The summed E-state index contributed by atoms with van der Waals surface area (Å²) in [6.07, 6.45) is 2.92. The molecule has 0 aromatic heterocycles. The summed E-state index contributed by atoms with van der Waals surface area (Å²) in [6.45, 7) is 14.0. The maximum absolute atomic E-state index is 2.35. The van der Waals surface area contributed by atoms with E-state index in [9.17, 15) is 0 Å². The highest BCUT2D eigenvalue weighted by Crippen LogP contribution is 2.39. The van der Waals surface area contributed by atoms with Crippen molar-refractivity contribution in [2.24, 2.45) is 35.5 Å². The second-order valence-electron chi connectivity index (χ2n) is 6.10. The lowest BCUT2D eigenvalue weighted by Crippen LogP contribution is -2.29. The van der Waals surface area contributed by atoms with Crippen LogP contribution < -0.4 is 0 Å². The molecular formula is C14H28. The fourth-order valence-corrected chi connectivity index (χ4v) is 2.76. The summed E-state index contributed by atoms with van der Waals surface area (Å²) in [5, 5.41) is 0. The lowest BCUT2D eigenvalue weighted by atomic mass is 9.68. The summed E-state index contributed by atoms with van der Waals surface area (Å²) in [6, 6.07) is 0. The van der Waals surface area contributed by atoms with Crippen molar-refractivity contribution in [1.82, 2.24) is 0 Å². The average Bonchev–Trinajstić information content (AvgIpc) is 2.19. The second-order valence-corrected chi connectivity index (χ2v) is 6.10. The van der Waals surface area contributed by atoms with Gasteiger partial charge in [-0.15, -0.1) is 0 Å². The summed E-state index contributed by atoms with van der Waals surface area (Å²) in [7, 11) is 0. The van der Waals surface area contributed by atoms with Crippen LogP contribution in [0.15, 0.2) is 0 Å². The SMILES string of the molecule is CC1CC(C)C1C.CC1CC(C)C1C. The van der Waals surface area contributed by atoms with Gasteiger partial charge in [0.05, 0.1) is 0 Å². The van der Waals surface area contributed by atoms with E-state index in [0.717, 1.165) is 35.5 Å². The summed E-state index contributed by atoms with van der Waals surface area (Å²) >= 11 is 0. The van der Waals surface area contributed by atoms with E-state index >= 15 is 0 Å². The fourth-order valence-electron chi connectivity index (χ4n) is 2.76. The van der Waals surface area contributed by atoms with Gasteiger partial charge < -0.3 is 0 Å². The third-order valence-electron chi connectivity index (χ3n) is 5.08. The number of rotatable bonds is 0. The van der Waals surface area contributed by atoms with Crippen LogP contribution in [0.5, 0.6) is 0 Å². The third-order valence-corrected chi connectivity index (χ3v) is 5.08. The van der Waals surface area contributed by atoms with Crippen molar-refractivity contribution in [3.8, 4) is 0 Å². The van der Waals surface area contributed by atoms with Crippen LogP contribution in [0.1, 0.15) is 54.4 Å². The van der Waals surface area contributed by atoms with Crippen molar-refractivity contribution >= 4 is 0 Å². The Hall–Kier alpha value is 0. The predicted octanol–water partition coefficient (Wildman–Crippen LogP) is 4.60. The topological polar surface area (TPSA) is 0 Å². The van der Waals surface area contributed by atoms with Gasteiger partial charge in [-0.2, -0.15) is 0 Å². The van der Waals surface area contributed by atoms with Gasteiger partial charge in [-0.1, -0.05) is 41.5 Å². The maximum Gasteiger partial charge on any atom is -0.0391 e. The highest BCUT2D eigenvalue weighted by Gasteiger charge is 2.30. The molecule has 0 spiro atoms. The second kappa shape index (κ2) is 4.68. The molecule has 0 bridgehead atoms. The Balaban J connectivity index is 0.000000140. The first-order chi connectivity index (χ1) is 6.43. The van der Waals surface area contributed by atoms with Gasteiger partial charge in [0, 0.05) is 0 Å². The normalized spacial score (nSPS) is 51.0. The molecule has 0 saturated heterocycles. The minimum atomic E-state index is 1.000. The smallest absolute Gasteiger partial charge is 0.0391 e. The van der Waals surface area contributed by atoms with E-state index < -0.39 is 0 Å². The van der Waals surface area contributed by atoms with Crippen LogP contribution in [-0.4, -0.2) is 0 Å². The van der Waals surface area contributed by atoms with Crippen molar-refractivity contribution < 1.29 is 0 Å². The van der Waals surface area contributed by atoms with Crippen LogP contribution in [0.25, 0.3) is 0 Å². The zero-order chi connectivity index (χ0) is 10.9. The Bertz CT molecular complexity index is 137. The molecule has 2 saturated carbocycles. The standard InChI is InChI=1S/2C7H14/c2*1-5-4-6(2)7(5)3/h2*5-7H,4H2,1-3H3. The molecule has 2 aliphatic carbocycles. The molecule has 0 aliphatic heterocycles.